The van der Waals surface area contributed by atoms with Crippen LogP contribution in [0.5, 0.6) is 5.75 Å². The minimum atomic E-state index is 0.482. The molecule has 3 aromatic rings. The molecule has 0 amide bonds. The van der Waals surface area contributed by atoms with Crippen LogP contribution in [0.1, 0.15) is 5.56 Å². The highest BCUT2D eigenvalue weighted by Gasteiger charge is 2.01. The first-order valence-corrected chi connectivity index (χ1v) is 6.40. The highest BCUT2D eigenvalue weighted by atomic mass is 35.5. The summed E-state index contributed by atoms with van der Waals surface area (Å²) < 4.78 is 7.32. The first kappa shape index (κ1) is 12.6. The molecule has 0 bridgehead atoms. The van der Waals surface area contributed by atoms with E-state index in [9.17, 15) is 0 Å². The Morgan fingerprint density at radius 1 is 1.10 bits per heavy atom. The van der Waals surface area contributed by atoms with E-state index in [4.69, 9.17) is 16.3 Å². The second-order valence-corrected chi connectivity index (χ2v) is 4.60. The Labute approximate surface area is 120 Å². The minimum Gasteiger partial charge on any atom is -0.489 e. The molecule has 5 nitrogen and oxygen atoms in total. The SMILES string of the molecule is Clc1ccc(COc2cccc(-n3cnnn3)c2)cc1. The van der Waals surface area contributed by atoms with Crippen LogP contribution in [0.15, 0.2) is 54.9 Å². The van der Waals surface area contributed by atoms with Gasteiger partial charge >= 0.3 is 0 Å². The number of halogens is 1. The van der Waals surface area contributed by atoms with E-state index in [1.165, 1.54) is 6.33 Å². The Bertz CT molecular complexity index is 683. The van der Waals surface area contributed by atoms with Crippen molar-refractivity contribution in [1.29, 1.82) is 0 Å². The van der Waals surface area contributed by atoms with Crippen LogP contribution < -0.4 is 4.74 Å². The van der Waals surface area contributed by atoms with Gasteiger partial charge in [0.1, 0.15) is 18.7 Å². The Hall–Kier alpha value is -2.40. The van der Waals surface area contributed by atoms with E-state index in [1.54, 1.807) is 4.68 Å². The molecule has 6 heteroatoms. The summed E-state index contributed by atoms with van der Waals surface area (Å²) in [4.78, 5) is 0. The molecule has 0 aliphatic heterocycles. The molecule has 1 aromatic heterocycles. The molecule has 20 heavy (non-hydrogen) atoms. The van der Waals surface area contributed by atoms with E-state index < -0.39 is 0 Å². The Kier molecular flexibility index (Phi) is 3.60. The molecule has 100 valence electrons. The molecular formula is C14H11ClN4O. The standard InChI is InChI=1S/C14H11ClN4O/c15-12-6-4-11(5-7-12)9-20-14-3-1-2-13(8-14)19-10-16-17-18-19/h1-8,10H,9H2. The van der Waals surface area contributed by atoms with Crippen LogP contribution in [-0.4, -0.2) is 20.2 Å². The van der Waals surface area contributed by atoms with E-state index in [0.717, 1.165) is 22.0 Å². The molecule has 0 spiro atoms. The van der Waals surface area contributed by atoms with Crippen LogP contribution in [0, 0.1) is 0 Å². The maximum Gasteiger partial charge on any atom is 0.143 e. The van der Waals surface area contributed by atoms with E-state index in [-0.39, 0.29) is 0 Å². The third-order valence-electron chi connectivity index (χ3n) is 2.75. The third-order valence-corrected chi connectivity index (χ3v) is 3.00. The molecule has 0 aliphatic carbocycles. The summed E-state index contributed by atoms with van der Waals surface area (Å²) in [5.74, 6) is 0.757. The van der Waals surface area contributed by atoms with Gasteiger partial charge in [-0.15, -0.1) is 5.10 Å². The van der Waals surface area contributed by atoms with Crippen molar-refractivity contribution in [2.45, 2.75) is 6.61 Å². The molecule has 0 N–H and O–H groups in total. The Balaban J connectivity index is 1.72. The lowest BCUT2D eigenvalue weighted by Crippen LogP contribution is -1.98. The molecule has 0 aliphatic rings. The molecule has 0 unspecified atom stereocenters. The van der Waals surface area contributed by atoms with Gasteiger partial charge in [0.05, 0.1) is 5.69 Å². The van der Waals surface area contributed by atoms with Gasteiger partial charge in [-0.25, -0.2) is 4.68 Å². The number of aromatic nitrogens is 4. The summed E-state index contributed by atoms with van der Waals surface area (Å²) in [7, 11) is 0. The van der Waals surface area contributed by atoms with Crippen molar-refractivity contribution in [1.82, 2.24) is 20.2 Å². The zero-order valence-corrected chi connectivity index (χ0v) is 11.2. The van der Waals surface area contributed by atoms with Gasteiger partial charge < -0.3 is 4.74 Å². The van der Waals surface area contributed by atoms with Crippen molar-refractivity contribution in [3.05, 3.63) is 65.4 Å². The largest absolute Gasteiger partial charge is 0.489 e. The molecule has 0 atom stereocenters. The van der Waals surface area contributed by atoms with Gasteiger partial charge in [-0.05, 0) is 40.3 Å². The van der Waals surface area contributed by atoms with Gasteiger partial charge in [0, 0.05) is 11.1 Å². The molecule has 1 heterocycles. The van der Waals surface area contributed by atoms with Gasteiger partial charge in [-0.2, -0.15) is 0 Å². The molecule has 0 radical (unpaired) electrons. The molecular weight excluding hydrogens is 276 g/mol. The normalized spacial score (nSPS) is 10.4. The number of tetrazole rings is 1. The van der Waals surface area contributed by atoms with Crippen molar-refractivity contribution in [3.8, 4) is 11.4 Å². The van der Waals surface area contributed by atoms with Crippen LogP contribution in [0.2, 0.25) is 5.02 Å². The van der Waals surface area contributed by atoms with E-state index in [1.807, 2.05) is 48.5 Å². The van der Waals surface area contributed by atoms with Crippen LogP contribution in [-0.2, 0) is 6.61 Å². The monoisotopic (exact) mass is 286 g/mol. The predicted molar refractivity (Wildman–Crippen MR) is 74.9 cm³/mol. The average molecular weight is 287 g/mol. The van der Waals surface area contributed by atoms with E-state index in [2.05, 4.69) is 15.5 Å². The second kappa shape index (κ2) is 5.71. The zero-order valence-electron chi connectivity index (χ0n) is 10.5. The van der Waals surface area contributed by atoms with Gasteiger partial charge in [0.15, 0.2) is 0 Å². The van der Waals surface area contributed by atoms with Crippen LogP contribution >= 0.6 is 11.6 Å². The molecule has 0 fully saturated rings. The number of ether oxygens (including phenoxy) is 1. The second-order valence-electron chi connectivity index (χ2n) is 4.17. The quantitative estimate of drug-likeness (QED) is 0.740. The number of nitrogens with zero attached hydrogens (tertiary/aromatic N) is 4. The van der Waals surface area contributed by atoms with Gasteiger partial charge in [0.25, 0.3) is 0 Å². The summed E-state index contributed by atoms with van der Waals surface area (Å²) in [5, 5.41) is 11.8. The van der Waals surface area contributed by atoms with Crippen molar-refractivity contribution in [2.24, 2.45) is 0 Å². The van der Waals surface area contributed by atoms with Gasteiger partial charge in [0.2, 0.25) is 0 Å². The summed E-state index contributed by atoms with van der Waals surface area (Å²) in [6, 6.07) is 15.1. The number of hydrogen-bond donors (Lipinski definition) is 0. The molecule has 2 aromatic carbocycles. The maximum atomic E-state index is 5.84. The lowest BCUT2D eigenvalue weighted by atomic mass is 10.2. The predicted octanol–water partition coefficient (Wildman–Crippen LogP) is 2.89. The van der Waals surface area contributed by atoms with Crippen LogP contribution in [0.4, 0.5) is 0 Å². The number of benzene rings is 2. The first-order chi connectivity index (χ1) is 9.81. The lowest BCUT2D eigenvalue weighted by molar-refractivity contribution is 0.306. The highest BCUT2D eigenvalue weighted by Crippen LogP contribution is 2.18. The van der Waals surface area contributed by atoms with Crippen molar-refractivity contribution >= 4 is 11.6 Å². The fourth-order valence-electron chi connectivity index (χ4n) is 1.74. The fourth-order valence-corrected chi connectivity index (χ4v) is 1.87. The van der Waals surface area contributed by atoms with Crippen molar-refractivity contribution < 1.29 is 4.74 Å². The Morgan fingerprint density at radius 2 is 1.95 bits per heavy atom. The average Bonchev–Trinajstić information content (AvgIpc) is 3.01. The Morgan fingerprint density at radius 3 is 2.70 bits per heavy atom. The van der Waals surface area contributed by atoms with Crippen molar-refractivity contribution in [2.75, 3.05) is 0 Å². The third kappa shape index (κ3) is 2.95. The topological polar surface area (TPSA) is 52.8 Å². The first-order valence-electron chi connectivity index (χ1n) is 6.02. The fraction of sp³-hybridized carbons (Fsp3) is 0.0714. The summed E-state index contributed by atoms with van der Waals surface area (Å²) in [6.07, 6.45) is 1.54. The summed E-state index contributed by atoms with van der Waals surface area (Å²) in [6.45, 7) is 0.482. The van der Waals surface area contributed by atoms with Crippen LogP contribution in [0.3, 0.4) is 0 Å². The molecule has 0 saturated carbocycles. The smallest absolute Gasteiger partial charge is 0.143 e. The lowest BCUT2D eigenvalue weighted by Gasteiger charge is -2.08. The number of hydrogen-bond acceptors (Lipinski definition) is 4. The van der Waals surface area contributed by atoms with Crippen molar-refractivity contribution in [3.63, 3.8) is 0 Å². The zero-order chi connectivity index (χ0) is 13.8. The number of rotatable bonds is 4. The van der Waals surface area contributed by atoms with Crippen LogP contribution in [0.25, 0.3) is 5.69 Å². The van der Waals surface area contributed by atoms with Gasteiger partial charge in [-0.3, -0.25) is 0 Å². The molecule has 3 rings (SSSR count). The maximum absolute atomic E-state index is 5.84. The van der Waals surface area contributed by atoms with Gasteiger partial charge in [-0.1, -0.05) is 29.8 Å². The summed E-state index contributed by atoms with van der Waals surface area (Å²) >= 11 is 5.84. The van der Waals surface area contributed by atoms with E-state index in [0.29, 0.717) is 6.61 Å². The summed E-state index contributed by atoms with van der Waals surface area (Å²) in [5.41, 5.74) is 1.91. The molecule has 0 saturated heterocycles. The highest BCUT2D eigenvalue weighted by molar-refractivity contribution is 6.30. The van der Waals surface area contributed by atoms with E-state index >= 15 is 0 Å². The minimum absolute atomic E-state index is 0.482.